The Hall–Kier alpha value is -3.67. The van der Waals surface area contributed by atoms with E-state index in [9.17, 15) is 9.59 Å². The van der Waals surface area contributed by atoms with Gasteiger partial charge in [0.2, 0.25) is 0 Å². The van der Waals surface area contributed by atoms with E-state index in [2.05, 4.69) is 40.4 Å². The molecule has 0 bridgehead atoms. The fraction of sp³-hybridized carbons (Fsp3) is 0.321. The number of carbonyl (C=O) groups is 2. The zero-order valence-electron chi connectivity index (χ0n) is 19.9. The highest BCUT2D eigenvalue weighted by Crippen LogP contribution is 2.28. The van der Waals surface area contributed by atoms with Gasteiger partial charge in [0.05, 0.1) is 5.56 Å². The van der Waals surface area contributed by atoms with Gasteiger partial charge >= 0.3 is 0 Å². The van der Waals surface area contributed by atoms with Crippen LogP contribution >= 0.6 is 0 Å². The minimum Gasteiger partial charge on any atom is -0.371 e. The van der Waals surface area contributed by atoms with Crippen molar-refractivity contribution in [3.05, 3.63) is 89.2 Å². The maximum atomic E-state index is 13.1. The third kappa shape index (κ3) is 6.01. The molecule has 176 valence electrons. The van der Waals surface area contributed by atoms with Gasteiger partial charge in [0.25, 0.3) is 11.8 Å². The maximum absolute atomic E-state index is 13.1. The first kappa shape index (κ1) is 23.5. The van der Waals surface area contributed by atoms with Gasteiger partial charge in [-0.3, -0.25) is 14.6 Å². The Bertz CT molecular complexity index is 1120. The second-order valence-electron chi connectivity index (χ2n) is 9.05. The lowest BCUT2D eigenvalue weighted by molar-refractivity contribution is 0.0953. The fourth-order valence-corrected chi connectivity index (χ4v) is 4.20. The van der Waals surface area contributed by atoms with Crippen LogP contribution in [0.25, 0.3) is 0 Å². The normalized spacial score (nSPS) is 14.0. The molecule has 0 radical (unpaired) electrons. The Balaban J connectivity index is 1.37. The van der Waals surface area contributed by atoms with Crippen LogP contribution in [-0.2, 0) is 6.42 Å². The monoisotopic (exact) mass is 456 g/mol. The molecule has 34 heavy (non-hydrogen) atoms. The molecular weight excluding hydrogens is 424 g/mol. The summed E-state index contributed by atoms with van der Waals surface area (Å²) in [6, 6.07) is 18.7. The van der Waals surface area contributed by atoms with Gasteiger partial charge in [0.15, 0.2) is 0 Å². The topological polar surface area (TPSA) is 74.3 Å². The number of pyridine rings is 1. The number of aryl methyl sites for hydroxylation is 1. The van der Waals surface area contributed by atoms with Crippen molar-refractivity contribution in [3.8, 4) is 0 Å². The average Bonchev–Trinajstić information content (AvgIpc) is 2.85. The minimum absolute atomic E-state index is 0.138. The number of amides is 2. The van der Waals surface area contributed by atoms with E-state index in [1.165, 1.54) is 0 Å². The molecule has 2 heterocycles. The summed E-state index contributed by atoms with van der Waals surface area (Å²) < 4.78 is 0. The molecule has 1 saturated heterocycles. The maximum Gasteiger partial charge on any atom is 0.257 e. The Morgan fingerprint density at radius 1 is 1.00 bits per heavy atom. The molecule has 1 aromatic heterocycles. The van der Waals surface area contributed by atoms with Crippen LogP contribution in [0.2, 0.25) is 0 Å². The molecule has 0 saturated carbocycles. The summed E-state index contributed by atoms with van der Waals surface area (Å²) in [6.45, 7) is 6.79. The third-order valence-corrected chi connectivity index (χ3v) is 6.32. The van der Waals surface area contributed by atoms with E-state index in [4.69, 9.17) is 0 Å². The van der Waals surface area contributed by atoms with Crippen LogP contribution in [0.15, 0.2) is 66.9 Å². The number of piperidine rings is 1. The molecule has 6 heteroatoms. The predicted octanol–water partition coefficient (Wildman–Crippen LogP) is 4.85. The van der Waals surface area contributed by atoms with Crippen LogP contribution in [-0.4, -0.2) is 36.4 Å². The van der Waals surface area contributed by atoms with Crippen LogP contribution in [0, 0.1) is 12.8 Å². The lowest BCUT2D eigenvalue weighted by Gasteiger charge is -2.33. The highest BCUT2D eigenvalue weighted by atomic mass is 16.2. The molecule has 1 aliphatic rings. The zero-order valence-corrected chi connectivity index (χ0v) is 19.9. The molecule has 6 nitrogen and oxygen atoms in total. The third-order valence-electron chi connectivity index (χ3n) is 6.32. The fourth-order valence-electron chi connectivity index (χ4n) is 4.20. The first-order valence-electron chi connectivity index (χ1n) is 11.9. The molecule has 0 spiro atoms. The molecule has 0 atom stereocenters. The number of nitrogens with zero attached hydrogens (tertiary/aromatic N) is 2. The van der Waals surface area contributed by atoms with Crippen molar-refractivity contribution >= 4 is 23.2 Å². The summed E-state index contributed by atoms with van der Waals surface area (Å²) in [5.41, 5.74) is 4.97. The first-order chi connectivity index (χ1) is 16.5. The Morgan fingerprint density at radius 2 is 1.76 bits per heavy atom. The molecule has 2 aromatic carbocycles. The Labute approximate surface area is 201 Å². The first-order valence-corrected chi connectivity index (χ1v) is 11.9. The van der Waals surface area contributed by atoms with E-state index in [-0.39, 0.29) is 11.8 Å². The van der Waals surface area contributed by atoms with Gasteiger partial charge in [0, 0.05) is 54.9 Å². The van der Waals surface area contributed by atoms with Crippen molar-refractivity contribution in [1.29, 1.82) is 0 Å². The van der Waals surface area contributed by atoms with E-state index in [1.54, 1.807) is 30.5 Å². The van der Waals surface area contributed by atoms with E-state index < -0.39 is 0 Å². The number of benzene rings is 2. The summed E-state index contributed by atoms with van der Waals surface area (Å²) in [5.74, 6) is 0.444. The van der Waals surface area contributed by atoms with Crippen LogP contribution < -0.4 is 15.5 Å². The minimum atomic E-state index is -0.144. The summed E-state index contributed by atoms with van der Waals surface area (Å²) in [5, 5.41) is 5.91. The molecular formula is C28H32N4O2. The highest BCUT2D eigenvalue weighted by molar-refractivity contribution is 6.08. The van der Waals surface area contributed by atoms with E-state index in [0.717, 1.165) is 48.8 Å². The molecule has 1 aliphatic heterocycles. The number of rotatable bonds is 7. The van der Waals surface area contributed by atoms with Gasteiger partial charge in [-0.25, -0.2) is 0 Å². The van der Waals surface area contributed by atoms with Gasteiger partial charge < -0.3 is 15.5 Å². The number of anilines is 2. The van der Waals surface area contributed by atoms with Crippen molar-refractivity contribution < 1.29 is 9.59 Å². The standard InChI is InChI=1S/C28H32N4O2/c1-20-13-17-32(18-14-20)26-19-21(2)6-11-25(26)28(34)31-24-9-7-22(8-10-24)27(33)30-16-12-23-5-3-4-15-29-23/h3-11,15,19-20H,12-14,16-18H2,1-2H3,(H,30,33)(H,31,34). The van der Waals surface area contributed by atoms with Gasteiger partial charge in [-0.05, 0) is 79.8 Å². The van der Waals surface area contributed by atoms with Crippen molar-refractivity contribution in [3.63, 3.8) is 0 Å². The van der Waals surface area contributed by atoms with Crippen molar-refractivity contribution in [2.24, 2.45) is 5.92 Å². The zero-order chi connectivity index (χ0) is 23.9. The van der Waals surface area contributed by atoms with Crippen LogP contribution in [0.4, 0.5) is 11.4 Å². The number of carbonyl (C=O) groups excluding carboxylic acids is 2. The van der Waals surface area contributed by atoms with E-state index >= 15 is 0 Å². The molecule has 1 fully saturated rings. The van der Waals surface area contributed by atoms with Gasteiger partial charge in [-0.1, -0.05) is 19.1 Å². The van der Waals surface area contributed by atoms with Crippen molar-refractivity contribution in [1.82, 2.24) is 10.3 Å². The summed E-state index contributed by atoms with van der Waals surface area (Å²) in [4.78, 5) is 32.1. The molecule has 0 unspecified atom stereocenters. The summed E-state index contributed by atoms with van der Waals surface area (Å²) in [7, 11) is 0. The lowest BCUT2D eigenvalue weighted by atomic mass is 9.97. The quantitative estimate of drug-likeness (QED) is 0.533. The smallest absolute Gasteiger partial charge is 0.257 e. The second-order valence-corrected chi connectivity index (χ2v) is 9.05. The van der Waals surface area contributed by atoms with Crippen LogP contribution in [0.5, 0.6) is 0 Å². The summed E-state index contributed by atoms with van der Waals surface area (Å²) in [6.07, 6.45) is 4.70. The van der Waals surface area contributed by atoms with Crippen LogP contribution in [0.1, 0.15) is 51.7 Å². The number of hydrogen-bond acceptors (Lipinski definition) is 4. The van der Waals surface area contributed by atoms with Crippen LogP contribution in [0.3, 0.4) is 0 Å². The molecule has 2 N–H and O–H groups in total. The number of aromatic nitrogens is 1. The second kappa shape index (κ2) is 11.0. The van der Waals surface area contributed by atoms with Crippen molar-refractivity contribution in [2.75, 3.05) is 29.9 Å². The SMILES string of the molecule is Cc1ccc(C(=O)Nc2ccc(C(=O)NCCc3ccccn3)cc2)c(N2CCC(C)CC2)c1. The number of hydrogen-bond donors (Lipinski definition) is 2. The van der Waals surface area contributed by atoms with Gasteiger partial charge in [0.1, 0.15) is 0 Å². The number of nitrogens with one attached hydrogen (secondary N) is 2. The molecule has 2 amide bonds. The van der Waals surface area contributed by atoms with Crippen molar-refractivity contribution in [2.45, 2.75) is 33.1 Å². The average molecular weight is 457 g/mol. The largest absolute Gasteiger partial charge is 0.371 e. The van der Waals surface area contributed by atoms with E-state index in [1.807, 2.05) is 30.3 Å². The Morgan fingerprint density at radius 3 is 2.47 bits per heavy atom. The van der Waals surface area contributed by atoms with E-state index in [0.29, 0.717) is 29.8 Å². The highest BCUT2D eigenvalue weighted by Gasteiger charge is 2.21. The van der Waals surface area contributed by atoms with Gasteiger partial charge in [-0.2, -0.15) is 0 Å². The van der Waals surface area contributed by atoms with Gasteiger partial charge in [-0.15, -0.1) is 0 Å². The lowest BCUT2D eigenvalue weighted by Crippen LogP contribution is -2.34. The molecule has 4 rings (SSSR count). The summed E-state index contributed by atoms with van der Waals surface area (Å²) >= 11 is 0. The molecule has 3 aromatic rings. The Kier molecular flexibility index (Phi) is 7.58. The predicted molar refractivity (Wildman–Crippen MR) is 136 cm³/mol. The molecule has 0 aliphatic carbocycles.